The molecule has 0 radical (unpaired) electrons. The normalized spacial score (nSPS) is 15.2. The summed E-state index contributed by atoms with van der Waals surface area (Å²) in [4.78, 5) is 29.5. The fourth-order valence-electron chi connectivity index (χ4n) is 2.77. The molecule has 2 aromatic rings. The highest BCUT2D eigenvalue weighted by atomic mass is 16.2. The topological polar surface area (TPSA) is 83.4 Å². The summed E-state index contributed by atoms with van der Waals surface area (Å²) in [6, 6.07) is 9.48. The lowest BCUT2D eigenvalue weighted by molar-refractivity contribution is -0.122. The van der Waals surface area contributed by atoms with Gasteiger partial charge in [0.15, 0.2) is 5.69 Å². The van der Waals surface area contributed by atoms with E-state index in [-0.39, 0.29) is 11.8 Å². The van der Waals surface area contributed by atoms with Crippen molar-refractivity contribution in [2.45, 2.75) is 6.92 Å². The molecule has 0 saturated carbocycles. The Bertz CT molecular complexity index is 722. The van der Waals surface area contributed by atoms with Gasteiger partial charge >= 0.3 is 0 Å². The molecular formula is C17H22N6O2. The second-order valence-electron chi connectivity index (χ2n) is 5.88. The monoisotopic (exact) mass is 342 g/mol. The predicted octanol–water partition coefficient (Wildman–Crippen LogP) is 0.161. The summed E-state index contributed by atoms with van der Waals surface area (Å²) < 4.78 is 0. The highest BCUT2D eigenvalue weighted by Crippen LogP contribution is 2.09. The third kappa shape index (κ3) is 4.21. The van der Waals surface area contributed by atoms with Crippen LogP contribution in [0.4, 0.5) is 0 Å². The fraction of sp³-hybridized carbons (Fsp3) is 0.412. The van der Waals surface area contributed by atoms with Crippen LogP contribution in [0.5, 0.6) is 0 Å². The zero-order chi connectivity index (χ0) is 17.6. The van der Waals surface area contributed by atoms with Gasteiger partial charge in [-0.3, -0.25) is 14.5 Å². The maximum atomic E-state index is 12.6. The van der Waals surface area contributed by atoms with Gasteiger partial charge in [0, 0.05) is 32.7 Å². The van der Waals surface area contributed by atoms with E-state index in [4.69, 9.17) is 0 Å². The minimum absolute atomic E-state index is 0.0214. The largest absolute Gasteiger partial charge is 0.355 e. The molecule has 1 aromatic carbocycles. The van der Waals surface area contributed by atoms with Crippen molar-refractivity contribution >= 4 is 11.8 Å². The van der Waals surface area contributed by atoms with Gasteiger partial charge in [-0.05, 0) is 19.1 Å². The number of carbonyl (C=O) groups excluding carboxylic acids is 2. The van der Waals surface area contributed by atoms with Crippen LogP contribution < -0.4 is 5.32 Å². The van der Waals surface area contributed by atoms with Crippen molar-refractivity contribution in [2.75, 3.05) is 39.3 Å². The van der Waals surface area contributed by atoms with Crippen LogP contribution in [0.25, 0.3) is 5.69 Å². The van der Waals surface area contributed by atoms with Crippen LogP contribution in [0.2, 0.25) is 0 Å². The summed E-state index contributed by atoms with van der Waals surface area (Å²) in [7, 11) is 0. The van der Waals surface area contributed by atoms with Crippen molar-refractivity contribution in [1.29, 1.82) is 0 Å². The van der Waals surface area contributed by atoms with Crippen LogP contribution in [0.1, 0.15) is 17.4 Å². The van der Waals surface area contributed by atoms with Crippen molar-refractivity contribution < 1.29 is 9.59 Å². The minimum Gasteiger partial charge on any atom is -0.355 e. The zero-order valence-electron chi connectivity index (χ0n) is 14.3. The molecule has 2 amide bonds. The molecule has 8 heteroatoms. The van der Waals surface area contributed by atoms with E-state index in [0.717, 1.165) is 5.69 Å². The number of aromatic nitrogens is 3. The Labute approximate surface area is 146 Å². The number of rotatable bonds is 5. The summed E-state index contributed by atoms with van der Waals surface area (Å²) in [5.74, 6) is -0.104. The van der Waals surface area contributed by atoms with E-state index in [2.05, 4.69) is 20.4 Å². The molecule has 0 spiro atoms. The highest BCUT2D eigenvalue weighted by molar-refractivity contribution is 5.92. The van der Waals surface area contributed by atoms with E-state index in [1.165, 1.54) is 11.0 Å². The Kier molecular flexibility index (Phi) is 5.39. The van der Waals surface area contributed by atoms with Gasteiger partial charge in [-0.15, -0.1) is 5.10 Å². The van der Waals surface area contributed by atoms with Crippen LogP contribution in [-0.2, 0) is 4.79 Å². The molecule has 0 atom stereocenters. The highest BCUT2D eigenvalue weighted by Gasteiger charge is 2.25. The third-order valence-corrected chi connectivity index (χ3v) is 4.10. The van der Waals surface area contributed by atoms with Crippen molar-refractivity contribution in [3.63, 3.8) is 0 Å². The Balaban J connectivity index is 1.56. The molecule has 132 valence electrons. The molecule has 8 nitrogen and oxygen atoms in total. The number of nitrogens with one attached hydrogen (secondary N) is 1. The SMILES string of the molecule is CCNC(=O)CN1CCN(C(=O)c2cnn(-c3ccccc3)n2)CC1. The van der Waals surface area contributed by atoms with Gasteiger partial charge in [0.25, 0.3) is 5.91 Å². The Hall–Kier alpha value is -2.74. The van der Waals surface area contributed by atoms with E-state index in [0.29, 0.717) is 45.0 Å². The van der Waals surface area contributed by atoms with E-state index >= 15 is 0 Å². The predicted molar refractivity (Wildman–Crippen MR) is 92.4 cm³/mol. The number of nitrogens with zero attached hydrogens (tertiary/aromatic N) is 5. The molecule has 1 fully saturated rings. The first-order chi connectivity index (χ1) is 12.2. The zero-order valence-corrected chi connectivity index (χ0v) is 14.3. The number of amides is 2. The van der Waals surface area contributed by atoms with Gasteiger partial charge in [0.05, 0.1) is 18.4 Å². The molecule has 1 N–H and O–H groups in total. The van der Waals surface area contributed by atoms with Crippen LogP contribution in [0.15, 0.2) is 36.5 Å². The quantitative estimate of drug-likeness (QED) is 0.837. The summed E-state index contributed by atoms with van der Waals surface area (Å²) in [5, 5.41) is 11.2. The maximum absolute atomic E-state index is 12.6. The second-order valence-corrected chi connectivity index (χ2v) is 5.88. The number of carbonyl (C=O) groups is 2. The standard InChI is InChI=1S/C17H22N6O2/c1-2-18-16(24)13-21-8-10-22(11-9-21)17(25)15-12-19-23(20-15)14-6-4-3-5-7-14/h3-7,12H,2,8-11,13H2,1H3,(H,18,24). The second kappa shape index (κ2) is 7.89. The lowest BCUT2D eigenvalue weighted by Gasteiger charge is -2.33. The van der Waals surface area contributed by atoms with Crippen molar-refractivity contribution in [3.05, 3.63) is 42.2 Å². The Morgan fingerprint density at radius 1 is 1.12 bits per heavy atom. The third-order valence-electron chi connectivity index (χ3n) is 4.10. The van der Waals surface area contributed by atoms with Crippen LogP contribution in [0.3, 0.4) is 0 Å². The van der Waals surface area contributed by atoms with E-state index in [9.17, 15) is 9.59 Å². The molecular weight excluding hydrogens is 320 g/mol. The first-order valence-electron chi connectivity index (χ1n) is 8.43. The summed E-state index contributed by atoms with van der Waals surface area (Å²) in [6.45, 7) is 5.42. The molecule has 1 aromatic heterocycles. The summed E-state index contributed by atoms with van der Waals surface area (Å²) >= 11 is 0. The molecule has 1 aliphatic heterocycles. The van der Waals surface area contributed by atoms with E-state index < -0.39 is 0 Å². The number of hydrogen-bond donors (Lipinski definition) is 1. The van der Waals surface area contributed by atoms with Gasteiger partial charge in [0.1, 0.15) is 0 Å². The average Bonchev–Trinajstić information content (AvgIpc) is 3.13. The van der Waals surface area contributed by atoms with Crippen molar-refractivity contribution in [3.8, 4) is 5.69 Å². The van der Waals surface area contributed by atoms with Gasteiger partial charge in [0.2, 0.25) is 5.91 Å². The summed E-state index contributed by atoms with van der Waals surface area (Å²) in [5.41, 5.74) is 1.15. The lowest BCUT2D eigenvalue weighted by Crippen LogP contribution is -2.51. The lowest BCUT2D eigenvalue weighted by atomic mass is 10.3. The average molecular weight is 342 g/mol. The van der Waals surface area contributed by atoms with Crippen LogP contribution in [0, 0.1) is 0 Å². The molecule has 1 aliphatic rings. The van der Waals surface area contributed by atoms with Crippen molar-refractivity contribution in [2.24, 2.45) is 0 Å². The number of hydrogen-bond acceptors (Lipinski definition) is 5. The van der Waals surface area contributed by atoms with Gasteiger partial charge in [-0.1, -0.05) is 18.2 Å². The molecule has 0 bridgehead atoms. The molecule has 0 unspecified atom stereocenters. The molecule has 25 heavy (non-hydrogen) atoms. The Morgan fingerprint density at radius 3 is 2.52 bits per heavy atom. The van der Waals surface area contributed by atoms with E-state index in [1.54, 1.807) is 4.90 Å². The Morgan fingerprint density at radius 2 is 1.84 bits per heavy atom. The molecule has 3 rings (SSSR count). The minimum atomic E-state index is -0.125. The molecule has 0 aliphatic carbocycles. The molecule has 1 saturated heterocycles. The maximum Gasteiger partial charge on any atom is 0.276 e. The number of piperazine rings is 1. The smallest absolute Gasteiger partial charge is 0.276 e. The van der Waals surface area contributed by atoms with Gasteiger partial charge in [-0.2, -0.15) is 9.90 Å². The van der Waals surface area contributed by atoms with E-state index in [1.807, 2.05) is 37.3 Å². The first-order valence-corrected chi connectivity index (χ1v) is 8.43. The number of benzene rings is 1. The number of para-hydroxylation sites is 1. The van der Waals surface area contributed by atoms with Gasteiger partial charge < -0.3 is 10.2 Å². The van der Waals surface area contributed by atoms with Gasteiger partial charge in [-0.25, -0.2) is 0 Å². The first kappa shape index (κ1) is 17.1. The number of likely N-dealkylation sites (N-methyl/N-ethyl adjacent to an activating group) is 1. The van der Waals surface area contributed by atoms with Crippen molar-refractivity contribution in [1.82, 2.24) is 30.1 Å². The summed E-state index contributed by atoms with van der Waals surface area (Å²) in [6.07, 6.45) is 1.50. The van der Waals surface area contributed by atoms with Crippen LogP contribution in [-0.4, -0.2) is 75.9 Å². The van der Waals surface area contributed by atoms with Crippen LogP contribution >= 0.6 is 0 Å². The molecule has 2 heterocycles. The fourth-order valence-corrected chi connectivity index (χ4v) is 2.77.